The van der Waals surface area contributed by atoms with Gasteiger partial charge in [-0.3, -0.25) is 14.4 Å². The summed E-state index contributed by atoms with van der Waals surface area (Å²) >= 11 is 0. The summed E-state index contributed by atoms with van der Waals surface area (Å²) < 4.78 is 4.69. The second kappa shape index (κ2) is 5.75. The molecule has 4 nitrogen and oxygen atoms in total. The maximum Gasteiger partial charge on any atom is 0.313 e. The number of esters is 1. The fraction of sp³-hybridized carbons (Fsp3) is 0.615. The molecule has 0 heterocycles. The van der Waals surface area contributed by atoms with E-state index in [0.29, 0.717) is 0 Å². The van der Waals surface area contributed by atoms with Gasteiger partial charge in [-0.25, -0.2) is 0 Å². The van der Waals surface area contributed by atoms with Gasteiger partial charge < -0.3 is 4.74 Å². The molecule has 0 aromatic heterocycles. The van der Waals surface area contributed by atoms with Gasteiger partial charge in [0, 0.05) is 12.3 Å². The van der Waals surface area contributed by atoms with Gasteiger partial charge in [0.25, 0.3) is 0 Å². The van der Waals surface area contributed by atoms with E-state index in [1.807, 2.05) is 13.8 Å². The molecular weight excluding hydrogens is 220 g/mol. The second-order valence-electron chi connectivity index (χ2n) is 4.41. The maximum absolute atomic E-state index is 11.6. The Morgan fingerprint density at radius 1 is 1.41 bits per heavy atom. The van der Waals surface area contributed by atoms with Crippen LogP contribution in [-0.2, 0) is 19.1 Å². The van der Waals surface area contributed by atoms with E-state index in [1.165, 1.54) is 0 Å². The van der Waals surface area contributed by atoms with E-state index in [1.54, 1.807) is 13.0 Å². The van der Waals surface area contributed by atoms with Crippen LogP contribution < -0.4 is 0 Å². The third-order valence-corrected chi connectivity index (χ3v) is 3.15. The number of hydrogen-bond acceptors (Lipinski definition) is 4. The molecule has 0 radical (unpaired) electrons. The van der Waals surface area contributed by atoms with Gasteiger partial charge in [0.05, 0.1) is 6.61 Å². The van der Waals surface area contributed by atoms with Crippen LogP contribution in [0.25, 0.3) is 0 Å². The topological polar surface area (TPSA) is 60.4 Å². The fourth-order valence-corrected chi connectivity index (χ4v) is 1.99. The van der Waals surface area contributed by atoms with Crippen molar-refractivity contribution in [1.29, 1.82) is 0 Å². The average molecular weight is 238 g/mol. The van der Waals surface area contributed by atoms with Crippen molar-refractivity contribution in [3.8, 4) is 0 Å². The van der Waals surface area contributed by atoms with Crippen LogP contribution in [0.2, 0.25) is 0 Å². The smallest absolute Gasteiger partial charge is 0.313 e. The minimum Gasteiger partial charge on any atom is -0.466 e. The number of Topliss-reactive ketones (excluding diaryl/α,β-unsaturated/α-hetero) is 1. The lowest BCUT2D eigenvalue weighted by Gasteiger charge is -2.14. The highest BCUT2D eigenvalue weighted by Crippen LogP contribution is 2.31. The molecular formula is C13H18O4. The fourth-order valence-electron chi connectivity index (χ4n) is 1.99. The van der Waals surface area contributed by atoms with Gasteiger partial charge in [-0.2, -0.15) is 0 Å². The number of carbonyl (C=O) groups is 3. The van der Waals surface area contributed by atoms with Crippen molar-refractivity contribution in [2.75, 3.05) is 6.61 Å². The first kappa shape index (κ1) is 13.6. The Bertz CT molecular complexity index is 368. The lowest BCUT2D eigenvalue weighted by Crippen LogP contribution is -2.21. The molecule has 0 spiro atoms. The first-order chi connectivity index (χ1) is 7.95. The van der Waals surface area contributed by atoms with Gasteiger partial charge in [0.2, 0.25) is 0 Å². The molecule has 0 aromatic carbocycles. The van der Waals surface area contributed by atoms with Crippen LogP contribution in [0.4, 0.5) is 0 Å². The molecule has 17 heavy (non-hydrogen) atoms. The molecule has 4 heteroatoms. The zero-order chi connectivity index (χ0) is 13.0. The number of hydrogen-bond donors (Lipinski definition) is 0. The van der Waals surface area contributed by atoms with Crippen LogP contribution in [0.15, 0.2) is 11.6 Å². The zero-order valence-corrected chi connectivity index (χ0v) is 10.5. The molecule has 0 bridgehead atoms. The monoisotopic (exact) mass is 238 g/mol. The van der Waals surface area contributed by atoms with Gasteiger partial charge in [0.1, 0.15) is 12.2 Å². The number of ether oxygens (including phenoxy) is 1. The molecule has 0 saturated heterocycles. The lowest BCUT2D eigenvalue weighted by molar-refractivity contribution is -0.146. The molecule has 1 rings (SSSR count). The van der Waals surface area contributed by atoms with Crippen LogP contribution in [0.1, 0.15) is 33.6 Å². The van der Waals surface area contributed by atoms with Gasteiger partial charge in [-0.15, -0.1) is 0 Å². The van der Waals surface area contributed by atoms with Crippen molar-refractivity contribution in [2.45, 2.75) is 33.6 Å². The largest absolute Gasteiger partial charge is 0.466 e. The molecule has 0 fully saturated rings. The van der Waals surface area contributed by atoms with E-state index in [2.05, 4.69) is 0 Å². The number of allylic oxidation sites excluding steroid dienone is 2. The molecule has 0 aromatic rings. The summed E-state index contributed by atoms with van der Waals surface area (Å²) in [6.07, 6.45) is 1.49. The highest BCUT2D eigenvalue weighted by molar-refractivity contribution is 6.01. The van der Waals surface area contributed by atoms with E-state index >= 15 is 0 Å². The number of ketones is 2. The van der Waals surface area contributed by atoms with Crippen molar-refractivity contribution in [3.63, 3.8) is 0 Å². The van der Waals surface area contributed by atoms with Gasteiger partial charge in [-0.1, -0.05) is 12.5 Å². The third-order valence-electron chi connectivity index (χ3n) is 3.15. The van der Waals surface area contributed by atoms with Crippen molar-refractivity contribution in [3.05, 3.63) is 11.6 Å². The SMILES string of the molecule is CCOC(=O)CC(=O)C[C@H]1C(=O)C=C(C)[C@@H]1C. The van der Waals surface area contributed by atoms with E-state index < -0.39 is 5.97 Å². The Labute approximate surface area is 101 Å². The third kappa shape index (κ3) is 3.51. The first-order valence-electron chi connectivity index (χ1n) is 5.85. The Balaban J connectivity index is 2.48. The van der Waals surface area contributed by atoms with E-state index in [9.17, 15) is 14.4 Å². The summed E-state index contributed by atoms with van der Waals surface area (Å²) in [5.41, 5.74) is 1.00. The lowest BCUT2D eigenvalue weighted by atomic mass is 9.88. The minimum atomic E-state index is -0.514. The maximum atomic E-state index is 11.6. The van der Waals surface area contributed by atoms with E-state index in [-0.39, 0.29) is 42.9 Å². The van der Waals surface area contributed by atoms with Gasteiger partial charge >= 0.3 is 5.97 Å². The molecule has 0 aliphatic heterocycles. The van der Waals surface area contributed by atoms with Gasteiger partial charge in [0.15, 0.2) is 5.78 Å². The molecule has 0 saturated carbocycles. The van der Waals surface area contributed by atoms with Crippen molar-refractivity contribution in [1.82, 2.24) is 0 Å². The van der Waals surface area contributed by atoms with Crippen molar-refractivity contribution >= 4 is 17.5 Å². The summed E-state index contributed by atoms with van der Waals surface area (Å²) in [5.74, 6) is -0.949. The quantitative estimate of drug-likeness (QED) is 0.540. The minimum absolute atomic E-state index is 0.00721. The highest BCUT2D eigenvalue weighted by atomic mass is 16.5. The summed E-state index contributed by atoms with van der Waals surface area (Å²) in [6, 6.07) is 0. The second-order valence-corrected chi connectivity index (χ2v) is 4.41. The molecule has 0 unspecified atom stereocenters. The van der Waals surface area contributed by atoms with Crippen LogP contribution in [0.5, 0.6) is 0 Å². The molecule has 2 atom stereocenters. The summed E-state index contributed by atoms with van der Waals surface area (Å²) in [6.45, 7) is 5.78. The van der Waals surface area contributed by atoms with Gasteiger partial charge in [-0.05, 0) is 25.8 Å². The van der Waals surface area contributed by atoms with Crippen LogP contribution in [0.3, 0.4) is 0 Å². The Morgan fingerprint density at radius 2 is 2.06 bits per heavy atom. The van der Waals surface area contributed by atoms with Crippen molar-refractivity contribution < 1.29 is 19.1 Å². The molecule has 0 amide bonds. The number of rotatable bonds is 5. The summed E-state index contributed by atoms with van der Waals surface area (Å²) in [5, 5.41) is 0. The van der Waals surface area contributed by atoms with Crippen LogP contribution in [-0.4, -0.2) is 24.1 Å². The molecule has 94 valence electrons. The first-order valence-corrected chi connectivity index (χ1v) is 5.85. The van der Waals surface area contributed by atoms with Crippen LogP contribution >= 0.6 is 0 Å². The predicted molar refractivity (Wildman–Crippen MR) is 62.3 cm³/mol. The summed E-state index contributed by atoms with van der Waals surface area (Å²) in [7, 11) is 0. The molecule has 1 aliphatic carbocycles. The van der Waals surface area contributed by atoms with Crippen LogP contribution in [0, 0.1) is 11.8 Å². The highest BCUT2D eigenvalue weighted by Gasteiger charge is 2.32. The zero-order valence-electron chi connectivity index (χ0n) is 10.5. The molecule has 0 N–H and O–H groups in total. The number of carbonyl (C=O) groups excluding carboxylic acids is 3. The Morgan fingerprint density at radius 3 is 2.53 bits per heavy atom. The van der Waals surface area contributed by atoms with E-state index in [4.69, 9.17) is 4.74 Å². The standard InChI is InChI=1S/C13H18O4/c1-4-17-13(16)7-10(14)6-11-9(3)8(2)5-12(11)15/h5,9,11H,4,6-7H2,1-3H3/t9-,11+/m0/s1. The summed E-state index contributed by atoms with van der Waals surface area (Å²) in [4.78, 5) is 34.3. The Hall–Kier alpha value is -1.45. The predicted octanol–water partition coefficient (Wildman–Crippen LogP) is 1.68. The average Bonchev–Trinajstić information content (AvgIpc) is 2.45. The van der Waals surface area contributed by atoms with E-state index in [0.717, 1.165) is 5.57 Å². The van der Waals surface area contributed by atoms with Crippen molar-refractivity contribution in [2.24, 2.45) is 11.8 Å². The Kier molecular flexibility index (Phi) is 4.61. The normalized spacial score (nSPS) is 23.5. The molecule has 1 aliphatic rings.